The molecular formula is C58H104O12S. The van der Waals surface area contributed by atoms with E-state index in [2.05, 4.69) is 62.5 Å². The SMILES string of the molecule is CC/C=C\C/C=C\C/C=C\C/C=C\CCCCCCCCC(=O)OC(COC(=O)CCCCCCCCCCCCCCCCCCCCCCCCCC)COC1OC(CS(=O)(=O)O)C(O)C(O)C1O. The molecule has 0 aromatic rings. The molecule has 1 rings (SSSR count). The lowest BCUT2D eigenvalue weighted by atomic mass is 10.00. The highest BCUT2D eigenvalue weighted by molar-refractivity contribution is 7.85. The minimum Gasteiger partial charge on any atom is -0.462 e. The number of carbonyl (C=O) groups is 2. The highest BCUT2D eigenvalue weighted by Gasteiger charge is 2.46. The molecule has 1 heterocycles. The average Bonchev–Trinajstić information content (AvgIpc) is 3.34. The van der Waals surface area contributed by atoms with Crippen molar-refractivity contribution in [1.29, 1.82) is 0 Å². The van der Waals surface area contributed by atoms with Gasteiger partial charge < -0.3 is 34.3 Å². The van der Waals surface area contributed by atoms with Gasteiger partial charge in [0.05, 0.1) is 6.61 Å². The highest BCUT2D eigenvalue weighted by Crippen LogP contribution is 2.24. The minimum absolute atomic E-state index is 0.149. The third-order valence-corrected chi connectivity index (χ3v) is 13.9. The Morgan fingerprint density at radius 1 is 0.493 bits per heavy atom. The third kappa shape index (κ3) is 41.6. The monoisotopic (exact) mass is 1020 g/mol. The van der Waals surface area contributed by atoms with Crippen LogP contribution in [0.1, 0.15) is 251 Å². The first-order chi connectivity index (χ1) is 34.5. The summed E-state index contributed by atoms with van der Waals surface area (Å²) in [6.07, 6.45) is 50.1. The molecule has 0 radical (unpaired) electrons. The molecule has 6 atom stereocenters. The van der Waals surface area contributed by atoms with Gasteiger partial charge in [-0.15, -0.1) is 0 Å². The summed E-state index contributed by atoms with van der Waals surface area (Å²) in [6, 6.07) is 0. The van der Waals surface area contributed by atoms with Gasteiger partial charge in [-0.05, 0) is 51.4 Å². The van der Waals surface area contributed by atoms with Crippen molar-refractivity contribution in [1.82, 2.24) is 0 Å². The lowest BCUT2D eigenvalue weighted by Crippen LogP contribution is -2.60. The maximum absolute atomic E-state index is 12.9. The van der Waals surface area contributed by atoms with Gasteiger partial charge in [0.1, 0.15) is 36.8 Å². The van der Waals surface area contributed by atoms with Gasteiger partial charge >= 0.3 is 11.9 Å². The van der Waals surface area contributed by atoms with Gasteiger partial charge in [-0.1, -0.05) is 236 Å². The topological polar surface area (TPSA) is 186 Å². The Bertz CT molecular complexity index is 1480. The van der Waals surface area contributed by atoms with Gasteiger partial charge in [0.25, 0.3) is 10.1 Å². The van der Waals surface area contributed by atoms with E-state index in [0.717, 1.165) is 83.5 Å². The van der Waals surface area contributed by atoms with Crippen LogP contribution in [0.4, 0.5) is 0 Å². The van der Waals surface area contributed by atoms with Crippen molar-refractivity contribution in [2.45, 2.75) is 288 Å². The first kappa shape index (κ1) is 66.6. The van der Waals surface area contributed by atoms with Gasteiger partial charge in [-0.25, -0.2) is 0 Å². The van der Waals surface area contributed by atoms with E-state index in [-0.39, 0.29) is 19.4 Å². The lowest BCUT2D eigenvalue weighted by Gasteiger charge is -2.40. The molecule has 1 aliphatic rings. The van der Waals surface area contributed by atoms with Crippen LogP contribution in [0.15, 0.2) is 48.6 Å². The molecule has 13 heteroatoms. The zero-order valence-electron chi connectivity index (χ0n) is 44.8. The van der Waals surface area contributed by atoms with Crippen LogP contribution in [0.3, 0.4) is 0 Å². The number of rotatable bonds is 49. The summed E-state index contributed by atoms with van der Waals surface area (Å²) in [5, 5.41) is 31.0. The van der Waals surface area contributed by atoms with Crippen molar-refractivity contribution in [2.24, 2.45) is 0 Å². The summed E-state index contributed by atoms with van der Waals surface area (Å²) in [5.41, 5.74) is 0. The molecular weight excluding hydrogens is 921 g/mol. The summed E-state index contributed by atoms with van der Waals surface area (Å²) >= 11 is 0. The molecule has 12 nitrogen and oxygen atoms in total. The van der Waals surface area contributed by atoms with Gasteiger partial charge in [-0.2, -0.15) is 8.42 Å². The molecule has 1 fully saturated rings. The highest BCUT2D eigenvalue weighted by atomic mass is 32.2. The quantitative estimate of drug-likeness (QED) is 0.0196. The zero-order chi connectivity index (χ0) is 51.9. The number of hydrogen-bond acceptors (Lipinski definition) is 11. The van der Waals surface area contributed by atoms with Crippen LogP contribution >= 0.6 is 0 Å². The van der Waals surface area contributed by atoms with E-state index in [1.165, 1.54) is 128 Å². The van der Waals surface area contributed by atoms with E-state index in [9.17, 15) is 37.9 Å². The number of aliphatic hydroxyl groups excluding tert-OH is 3. The van der Waals surface area contributed by atoms with Crippen LogP contribution in [0.25, 0.3) is 0 Å². The van der Waals surface area contributed by atoms with Crippen LogP contribution < -0.4 is 0 Å². The van der Waals surface area contributed by atoms with Crippen molar-refractivity contribution in [3.63, 3.8) is 0 Å². The Balaban J connectivity index is 2.30. The molecule has 0 aliphatic carbocycles. The van der Waals surface area contributed by atoms with E-state index in [1.54, 1.807) is 0 Å². The van der Waals surface area contributed by atoms with Crippen LogP contribution in [-0.2, 0) is 38.7 Å². The number of aliphatic hydroxyl groups is 3. The molecule has 1 saturated heterocycles. The predicted molar refractivity (Wildman–Crippen MR) is 289 cm³/mol. The van der Waals surface area contributed by atoms with Crippen molar-refractivity contribution >= 4 is 22.1 Å². The lowest BCUT2D eigenvalue weighted by molar-refractivity contribution is -0.297. The van der Waals surface area contributed by atoms with E-state index >= 15 is 0 Å². The fourth-order valence-electron chi connectivity index (χ4n) is 8.79. The van der Waals surface area contributed by atoms with Gasteiger partial charge in [-0.3, -0.25) is 14.1 Å². The molecule has 0 spiro atoms. The van der Waals surface area contributed by atoms with Crippen LogP contribution in [0, 0.1) is 0 Å². The zero-order valence-corrected chi connectivity index (χ0v) is 45.6. The second-order valence-corrected chi connectivity index (χ2v) is 21.4. The molecule has 0 amide bonds. The number of carbonyl (C=O) groups excluding carboxylic acids is 2. The number of unbranched alkanes of at least 4 members (excludes halogenated alkanes) is 29. The molecule has 6 unspecified atom stereocenters. The maximum atomic E-state index is 12.9. The fraction of sp³-hybridized carbons (Fsp3) is 0.828. The summed E-state index contributed by atoms with van der Waals surface area (Å²) < 4.78 is 54.4. The summed E-state index contributed by atoms with van der Waals surface area (Å²) in [4.78, 5) is 25.6. The second-order valence-electron chi connectivity index (χ2n) is 19.9. The summed E-state index contributed by atoms with van der Waals surface area (Å²) in [5.74, 6) is -1.99. The Morgan fingerprint density at radius 3 is 1.32 bits per heavy atom. The van der Waals surface area contributed by atoms with E-state index in [0.29, 0.717) is 12.8 Å². The number of hydrogen-bond donors (Lipinski definition) is 4. The number of esters is 2. The molecule has 4 N–H and O–H groups in total. The number of allylic oxidation sites excluding steroid dienone is 8. The maximum Gasteiger partial charge on any atom is 0.306 e. The molecule has 0 aromatic heterocycles. The van der Waals surface area contributed by atoms with Crippen LogP contribution in [0.2, 0.25) is 0 Å². The van der Waals surface area contributed by atoms with E-state index in [4.69, 9.17) is 18.9 Å². The van der Waals surface area contributed by atoms with E-state index < -0.39 is 71.2 Å². The molecule has 1 aliphatic heterocycles. The fourth-order valence-corrected chi connectivity index (χ4v) is 9.48. The van der Waals surface area contributed by atoms with Gasteiger partial charge in [0.2, 0.25) is 0 Å². The van der Waals surface area contributed by atoms with Crippen LogP contribution in [-0.4, -0.2) is 96.0 Å². The van der Waals surface area contributed by atoms with Crippen LogP contribution in [0.5, 0.6) is 0 Å². The van der Waals surface area contributed by atoms with Crippen molar-refractivity contribution in [3.8, 4) is 0 Å². The molecule has 414 valence electrons. The van der Waals surface area contributed by atoms with Crippen molar-refractivity contribution < 1.29 is 56.8 Å². The second kappa shape index (κ2) is 47.3. The smallest absolute Gasteiger partial charge is 0.306 e. The molecule has 0 aromatic carbocycles. The largest absolute Gasteiger partial charge is 0.462 e. The first-order valence-corrected chi connectivity index (χ1v) is 30.3. The Kier molecular flexibility index (Phi) is 44.4. The van der Waals surface area contributed by atoms with Gasteiger partial charge in [0, 0.05) is 12.8 Å². The summed E-state index contributed by atoms with van der Waals surface area (Å²) in [7, 11) is -4.61. The molecule has 0 bridgehead atoms. The Labute approximate surface area is 433 Å². The Hall–Kier alpha value is -2.39. The Morgan fingerprint density at radius 2 is 0.887 bits per heavy atom. The summed E-state index contributed by atoms with van der Waals surface area (Å²) in [6.45, 7) is 3.69. The van der Waals surface area contributed by atoms with E-state index in [1.807, 2.05) is 0 Å². The molecule has 0 saturated carbocycles. The predicted octanol–water partition coefficient (Wildman–Crippen LogP) is 13.9. The standard InChI is InChI=1S/C58H104O12S/c1-3-5-7-9-11-13-15-17-19-21-23-24-25-26-27-29-30-32-34-36-38-40-42-44-46-53(59)67-48-51(49-68-58-57(63)56(62)55(61)52(70-58)50-71(64,65)66)69-54(60)47-45-43-41-39-37-35-33-31-28-22-20-18-16-14-12-10-8-6-4-2/h6,8,12,14,18,20,28,31,51-52,55-58,61-63H,3-5,7,9-11,13,15-17,19,21-27,29-30,32-50H2,1-2H3,(H,64,65,66)/b8-6-,14-12-,20-18-,31-28-. The molecule has 71 heavy (non-hydrogen) atoms. The first-order valence-electron chi connectivity index (χ1n) is 28.7. The van der Waals surface area contributed by atoms with Crippen molar-refractivity contribution in [3.05, 3.63) is 48.6 Å². The third-order valence-electron chi connectivity index (χ3n) is 13.2. The minimum atomic E-state index is -4.61. The average molecular weight is 1030 g/mol. The van der Waals surface area contributed by atoms with Crippen molar-refractivity contribution in [2.75, 3.05) is 19.0 Å². The normalized spacial score (nSPS) is 19.2. The van der Waals surface area contributed by atoms with Gasteiger partial charge in [0.15, 0.2) is 12.4 Å². The number of ether oxygens (including phenoxy) is 4.